The van der Waals surface area contributed by atoms with Gasteiger partial charge in [-0.2, -0.15) is 0 Å². The van der Waals surface area contributed by atoms with Crippen LogP contribution in [0.3, 0.4) is 0 Å². The zero-order valence-electron chi connectivity index (χ0n) is 9.42. The predicted molar refractivity (Wildman–Crippen MR) is 57.5 cm³/mol. The van der Waals surface area contributed by atoms with Crippen molar-refractivity contribution in [1.82, 2.24) is 5.32 Å². The molecule has 1 fully saturated rings. The van der Waals surface area contributed by atoms with E-state index in [0.29, 0.717) is 12.1 Å². The molecule has 2 atom stereocenters. The van der Waals surface area contributed by atoms with Gasteiger partial charge < -0.3 is 14.8 Å². The summed E-state index contributed by atoms with van der Waals surface area (Å²) in [4.78, 5) is 0. The lowest BCUT2D eigenvalue weighted by Gasteiger charge is -2.23. The summed E-state index contributed by atoms with van der Waals surface area (Å²) in [7, 11) is 1.74. The zero-order chi connectivity index (χ0) is 10.2. The first-order chi connectivity index (χ1) is 6.83. The standard InChI is InChI=1S/C11H23NO2/c1-10(9-13-2)12-7-6-11-5-3-4-8-14-11/h10-12H,3-9H2,1-2H3. The number of methoxy groups -OCH3 is 1. The first kappa shape index (κ1) is 12.0. The summed E-state index contributed by atoms with van der Waals surface area (Å²) in [6.45, 7) is 4.92. The smallest absolute Gasteiger partial charge is 0.0613 e. The van der Waals surface area contributed by atoms with Crippen molar-refractivity contribution in [3.63, 3.8) is 0 Å². The van der Waals surface area contributed by atoms with Crippen molar-refractivity contribution in [3.8, 4) is 0 Å². The Hall–Kier alpha value is -0.120. The lowest BCUT2D eigenvalue weighted by molar-refractivity contribution is 0.0109. The molecule has 0 saturated carbocycles. The fraction of sp³-hybridized carbons (Fsp3) is 1.00. The number of hydrogen-bond acceptors (Lipinski definition) is 3. The second kappa shape index (κ2) is 7.21. The molecule has 1 heterocycles. The molecule has 0 aromatic heterocycles. The summed E-state index contributed by atoms with van der Waals surface area (Å²) >= 11 is 0. The third-order valence-corrected chi connectivity index (χ3v) is 2.65. The van der Waals surface area contributed by atoms with Crippen LogP contribution in [0, 0.1) is 0 Å². The number of ether oxygens (including phenoxy) is 2. The average molecular weight is 201 g/mol. The van der Waals surface area contributed by atoms with Crippen LogP contribution in [0.2, 0.25) is 0 Å². The molecular weight excluding hydrogens is 178 g/mol. The maximum Gasteiger partial charge on any atom is 0.0613 e. The summed E-state index contributed by atoms with van der Waals surface area (Å²) < 4.78 is 10.7. The van der Waals surface area contributed by atoms with Gasteiger partial charge in [-0.05, 0) is 39.2 Å². The van der Waals surface area contributed by atoms with E-state index in [1.165, 1.54) is 19.3 Å². The van der Waals surface area contributed by atoms with Crippen LogP contribution >= 0.6 is 0 Å². The lowest BCUT2D eigenvalue weighted by atomic mass is 10.1. The second-order valence-electron chi connectivity index (χ2n) is 4.09. The van der Waals surface area contributed by atoms with Crippen molar-refractivity contribution in [1.29, 1.82) is 0 Å². The molecule has 84 valence electrons. The van der Waals surface area contributed by atoms with Gasteiger partial charge in [0.05, 0.1) is 12.7 Å². The van der Waals surface area contributed by atoms with Crippen molar-refractivity contribution in [2.75, 3.05) is 26.9 Å². The highest BCUT2D eigenvalue weighted by molar-refractivity contribution is 4.67. The molecule has 1 saturated heterocycles. The first-order valence-corrected chi connectivity index (χ1v) is 5.67. The zero-order valence-corrected chi connectivity index (χ0v) is 9.42. The van der Waals surface area contributed by atoms with Gasteiger partial charge in [0.2, 0.25) is 0 Å². The van der Waals surface area contributed by atoms with E-state index in [1.807, 2.05) is 0 Å². The van der Waals surface area contributed by atoms with Gasteiger partial charge in [0, 0.05) is 19.8 Å². The quantitative estimate of drug-likeness (QED) is 0.707. The van der Waals surface area contributed by atoms with Crippen LogP contribution < -0.4 is 5.32 Å². The van der Waals surface area contributed by atoms with Gasteiger partial charge in [0.25, 0.3) is 0 Å². The molecule has 0 spiro atoms. The minimum absolute atomic E-state index is 0.448. The van der Waals surface area contributed by atoms with Gasteiger partial charge in [-0.15, -0.1) is 0 Å². The molecule has 0 aliphatic carbocycles. The van der Waals surface area contributed by atoms with Gasteiger partial charge in [-0.25, -0.2) is 0 Å². The Morgan fingerprint density at radius 3 is 3.00 bits per heavy atom. The SMILES string of the molecule is COCC(C)NCCC1CCCCO1. The minimum atomic E-state index is 0.448. The van der Waals surface area contributed by atoms with Crippen LogP contribution in [-0.4, -0.2) is 39.0 Å². The van der Waals surface area contributed by atoms with Gasteiger partial charge in [0.15, 0.2) is 0 Å². The van der Waals surface area contributed by atoms with E-state index in [-0.39, 0.29) is 0 Å². The van der Waals surface area contributed by atoms with Crippen molar-refractivity contribution < 1.29 is 9.47 Å². The Labute approximate surface area is 87.2 Å². The molecule has 0 radical (unpaired) electrons. The maximum absolute atomic E-state index is 5.65. The molecule has 0 bridgehead atoms. The predicted octanol–water partition coefficient (Wildman–Crippen LogP) is 1.57. The van der Waals surface area contributed by atoms with Crippen LogP contribution in [0.4, 0.5) is 0 Å². The molecule has 1 N–H and O–H groups in total. The first-order valence-electron chi connectivity index (χ1n) is 5.67. The van der Waals surface area contributed by atoms with E-state index in [9.17, 15) is 0 Å². The summed E-state index contributed by atoms with van der Waals surface area (Å²) in [6.07, 6.45) is 5.43. The Bertz CT molecular complexity index is 135. The largest absolute Gasteiger partial charge is 0.383 e. The van der Waals surface area contributed by atoms with Gasteiger partial charge in [0.1, 0.15) is 0 Å². The molecule has 0 aromatic rings. The Balaban J connectivity index is 1.96. The van der Waals surface area contributed by atoms with Crippen LogP contribution in [0.25, 0.3) is 0 Å². The lowest BCUT2D eigenvalue weighted by Crippen LogP contribution is -2.33. The summed E-state index contributed by atoms with van der Waals surface area (Å²) in [5.74, 6) is 0. The number of nitrogens with one attached hydrogen (secondary N) is 1. The monoisotopic (exact) mass is 201 g/mol. The van der Waals surface area contributed by atoms with Gasteiger partial charge >= 0.3 is 0 Å². The van der Waals surface area contributed by atoms with Crippen LogP contribution in [-0.2, 0) is 9.47 Å². The van der Waals surface area contributed by atoms with E-state index in [2.05, 4.69) is 12.2 Å². The molecule has 0 amide bonds. The maximum atomic E-state index is 5.65. The topological polar surface area (TPSA) is 30.5 Å². The van der Waals surface area contributed by atoms with E-state index >= 15 is 0 Å². The molecule has 1 aliphatic heterocycles. The third-order valence-electron chi connectivity index (χ3n) is 2.65. The third kappa shape index (κ3) is 4.94. The Kier molecular flexibility index (Phi) is 6.15. The van der Waals surface area contributed by atoms with Crippen LogP contribution in [0.5, 0.6) is 0 Å². The second-order valence-corrected chi connectivity index (χ2v) is 4.09. The van der Waals surface area contributed by atoms with Gasteiger partial charge in [-0.1, -0.05) is 0 Å². The van der Waals surface area contributed by atoms with Gasteiger partial charge in [-0.3, -0.25) is 0 Å². The van der Waals surface area contributed by atoms with Crippen LogP contribution in [0.1, 0.15) is 32.6 Å². The highest BCUT2D eigenvalue weighted by Crippen LogP contribution is 2.14. The Morgan fingerprint density at radius 1 is 1.50 bits per heavy atom. The highest BCUT2D eigenvalue weighted by atomic mass is 16.5. The summed E-state index contributed by atoms with van der Waals surface area (Å²) in [5, 5.41) is 3.43. The highest BCUT2D eigenvalue weighted by Gasteiger charge is 2.13. The molecule has 14 heavy (non-hydrogen) atoms. The summed E-state index contributed by atoms with van der Waals surface area (Å²) in [5.41, 5.74) is 0. The molecule has 3 nitrogen and oxygen atoms in total. The summed E-state index contributed by atoms with van der Waals surface area (Å²) in [6, 6.07) is 0.448. The minimum Gasteiger partial charge on any atom is -0.383 e. The average Bonchev–Trinajstić information content (AvgIpc) is 2.20. The molecule has 3 heteroatoms. The molecule has 1 rings (SSSR count). The normalized spacial score (nSPS) is 24.9. The number of hydrogen-bond donors (Lipinski definition) is 1. The van der Waals surface area contributed by atoms with E-state index in [0.717, 1.165) is 26.2 Å². The van der Waals surface area contributed by atoms with E-state index in [1.54, 1.807) is 7.11 Å². The van der Waals surface area contributed by atoms with E-state index < -0.39 is 0 Å². The van der Waals surface area contributed by atoms with Crippen molar-refractivity contribution in [2.45, 2.75) is 44.8 Å². The van der Waals surface area contributed by atoms with Crippen molar-refractivity contribution in [2.24, 2.45) is 0 Å². The molecular formula is C11H23NO2. The van der Waals surface area contributed by atoms with E-state index in [4.69, 9.17) is 9.47 Å². The van der Waals surface area contributed by atoms with Crippen molar-refractivity contribution in [3.05, 3.63) is 0 Å². The molecule has 0 aromatic carbocycles. The van der Waals surface area contributed by atoms with Crippen molar-refractivity contribution >= 4 is 0 Å². The van der Waals surface area contributed by atoms with Crippen LogP contribution in [0.15, 0.2) is 0 Å². The Morgan fingerprint density at radius 2 is 2.36 bits per heavy atom. The fourth-order valence-electron chi connectivity index (χ4n) is 1.83. The fourth-order valence-corrected chi connectivity index (χ4v) is 1.83. The molecule has 1 aliphatic rings. The molecule has 2 unspecified atom stereocenters. The number of rotatable bonds is 6.